The van der Waals surface area contributed by atoms with Gasteiger partial charge in [-0.2, -0.15) is 0 Å². The lowest BCUT2D eigenvalue weighted by atomic mass is 9.94. The van der Waals surface area contributed by atoms with E-state index in [1.807, 2.05) is 82.6 Å². The van der Waals surface area contributed by atoms with Gasteiger partial charge in [-0.25, -0.2) is 0 Å². The molecule has 0 spiro atoms. The van der Waals surface area contributed by atoms with Crippen LogP contribution in [0.1, 0.15) is 90.2 Å². The van der Waals surface area contributed by atoms with Crippen LogP contribution < -0.4 is 9.80 Å². The second-order valence-electron chi connectivity index (χ2n) is 15.2. The predicted molar refractivity (Wildman–Crippen MR) is 221 cm³/mol. The minimum atomic E-state index is -0.0998. The molecule has 0 bridgehead atoms. The molecule has 2 unspecified atom stereocenters. The fraction of sp³-hybridized carbons (Fsp3) is 0.333. The average Bonchev–Trinajstić information content (AvgIpc) is 3.96. The molecule has 6 heteroatoms. The molecule has 2 atom stereocenters. The zero-order chi connectivity index (χ0) is 37.3. The SMILES string of the molecule is CCCCC(CC)CN1C(=O)/C(=C2/C(=O)N(CC(CC)CCCC)c3cc(-c4cc5ccccc5o4)ccc32)c2ccc(-c3cc4ccccc4o3)cc21. The van der Waals surface area contributed by atoms with Crippen molar-refractivity contribution in [1.29, 1.82) is 0 Å². The molecule has 0 radical (unpaired) electrons. The summed E-state index contributed by atoms with van der Waals surface area (Å²) in [6, 6.07) is 32.4. The van der Waals surface area contributed by atoms with Crippen molar-refractivity contribution in [3.05, 3.63) is 108 Å². The standard InChI is InChI=1S/C48H50N2O4/c1-5-9-15-31(7-3)29-49-39-25-35(43-27-33-17-11-13-19-41(33)53-43)21-23-37(39)45(47(49)51)46-38-24-22-36(44-28-34-18-12-14-20-42(34)54-44)26-40(38)50(48(46)52)30-32(8-4)16-10-6-2/h11-14,17-28,31-32H,5-10,15-16,29-30H2,1-4H3/b46-45+. The summed E-state index contributed by atoms with van der Waals surface area (Å²) in [7, 11) is 0. The minimum absolute atomic E-state index is 0.0998. The first kappa shape index (κ1) is 35.7. The molecule has 4 aromatic carbocycles. The number of benzene rings is 4. The molecule has 4 heterocycles. The first-order valence-corrected chi connectivity index (χ1v) is 20.1. The Balaban J connectivity index is 1.28. The Kier molecular flexibility index (Phi) is 10.0. The number of anilines is 2. The minimum Gasteiger partial charge on any atom is -0.456 e. The Morgan fingerprint density at radius 1 is 0.537 bits per heavy atom. The van der Waals surface area contributed by atoms with Crippen LogP contribution in [0.2, 0.25) is 0 Å². The van der Waals surface area contributed by atoms with Crippen LogP contribution in [0.25, 0.3) is 55.7 Å². The van der Waals surface area contributed by atoms with E-state index < -0.39 is 0 Å². The molecule has 6 nitrogen and oxygen atoms in total. The van der Waals surface area contributed by atoms with Crippen molar-refractivity contribution in [3.8, 4) is 22.6 Å². The van der Waals surface area contributed by atoms with Crippen molar-refractivity contribution in [1.82, 2.24) is 0 Å². The molecule has 276 valence electrons. The third-order valence-electron chi connectivity index (χ3n) is 11.7. The molecule has 0 saturated carbocycles. The molecule has 0 aliphatic carbocycles. The largest absolute Gasteiger partial charge is 0.456 e. The Bertz CT molecular complexity index is 2150. The number of furan rings is 2. The highest BCUT2D eigenvalue weighted by Gasteiger charge is 2.43. The van der Waals surface area contributed by atoms with E-state index in [-0.39, 0.29) is 11.8 Å². The van der Waals surface area contributed by atoms with Crippen molar-refractivity contribution in [2.45, 2.75) is 79.1 Å². The van der Waals surface area contributed by atoms with Gasteiger partial charge in [0.25, 0.3) is 11.8 Å². The van der Waals surface area contributed by atoms with Gasteiger partial charge in [0.15, 0.2) is 0 Å². The molecule has 6 aromatic rings. The second-order valence-corrected chi connectivity index (χ2v) is 15.2. The van der Waals surface area contributed by atoms with Gasteiger partial charge in [-0.05, 0) is 61.1 Å². The number of fused-ring (bicyclic) bond motifs is 4. The highest BCUT2D eigenvalue weighted by molar-refractivity contribution is 6.50. The van der Waals surface area contributed by atoms with Crippen molar-refractivity contribution in [2.75, 3.05) is 22.9 Å². The van der Waals surface area contributed by atoms with Crippen LogP contribution >= 0.6 is 0 Å². The van der Waals surface area contributed by atoms with Crippen LogP contribution in [0.5, 0.6) is 0 Å². The van der Waals surface area contributed by atoms with Gasteiger partial charge in [-0.3, -0.25) is 9.59 Å². The summed E-state index contributed by atoms with van der Waals surface area (Å²) in [6.07, 6.45) is 8.52. The monoisotopic (exact) mass is 718 g/mol. The number of carbonyl (C=O) groups is 2. The lowest BCUT2D eigenvalue weighted by molar-refractivity contribution is -0.114. The van der Waals surface area contributed by atoms with Gasteiger partial charge in [0.2, 0.25) is 0 Å². The van der Waals surface area contributed by atoms with E-state index in [4.69, 9.17) is 8.83 Å². The van der Waals surface area contributed by atoms with Crippen molar-refractivity contribution in [2.24, 2.45) is 11.8 Å². The fourth-order valence-electron chi connectivity index (χ4n) is 8.40. The highest BCUT2D eigenvalue weighted by Crippen LogP contribution is 2.49. The molecule has 8 rings (SSSR count). The summed E-state index contributed by atoms with van der Waals surface area (Å²) in [5.41, 5.74) is 7.77. The normalized spacial score (nSPS) is 16.5. The number of carbonyl (C=O) groups excluding carboxylic acids is 2. The molecule has 0 fully saturated rings. The molecule has 2 aromatic heterocycles. The maximum Gasteiger partial charge on any atom is 0.259 e. The summed E-state index contributed by atoms with van der Waals surface area (Å²) < 4.78 is 12.6. The Morgan fingerprint density at radius 2 is 0.963 bits per heavy atom. The zero-order valence-electron chi connectivity index (χ0n) is 32.0. The predicted octanol–water partition coefficient (Wildman–Crippen LogP) is 12.5. The molecule has 0 N–H and O–H groups in total. The molecule has 0 saturated heterocycles. The van der Waals surface area contributed by atoms with Crippen LogP contribution in [0, 0.1) is 11.8 Å². The van der Waals surface area contributed by atoms with Gasteiger partial charge in [0, 0.05) is 46.1 Å². The van der Waals surface area contributed by atoms with Gasteiger partial charge < -0.3 is 18.6 Å². The van der Waals surface area contributed by atoms with E-state index in [2.05, 4.69) is 52.0 Å². The van der Waals surface area contributed by atoms with Crippen molar-refractivity contribution < 1.29 is 18.4 Å². The maximum absolute atomic E-state index is 15.0. The van der Waals surface area contributed by atoms with Crippen LogP contribution in [-0.2, 0) is 9.59 Å². The molecule has 2 amide bonds. The van der Waals surface area contributed by atoms with Gasteiger partial charge in [0.1, 0.15) is 22.7 Å². The summed E-state index contributed by atoms with van der Waals surface area (Å²) in [5.74, 6) is 2.01. The summed E-state index contributed by atoms with van der Waals surface area (Å²) >= 11 is 0. The smallest absolute Gasteiger partial charge is 0.259 e. The van der Waals surface area contributed by atoms with Crippen LogP contribution in [0.15, 0.2) is 106 Å². The quantitative estimate of drug-likeness (QED) is 0.105. The molecule has 2 aliphatic rings. The van der Waals surface area contributed by atoms with E-state index >= 15 is 0 Å². The average molecular weight is 719 g/mol. The van der Waals surface area contributed by atoms with Crippen LogP contribution in [0.3, 0.4) is 0 Å². The Labute approximate surface area is 318 Å². The second kappa shape index (κ2) is 15.2. The van der Waals surface area contributed by atoms with E-state index in [9.17, 15) is 9.59 Å². The van der Waals surface area contributed by atoms with Gasteiger partial charge in [-0.1, -0.05) is 127 Å². The number of para-hydroxylation sites is 2. The third kappa shape index (κ3) is 6.46. The number of rotatable bonds is 14. The lowest BCUT2D eigenvalue weighted by Gasteiger charge is -2.24. The molecular formula is C48H50N2O4. The van der Waals surface area contributed by atoms with Crippen molar-refractivity contribution >= 4 is 56.3 Å². The summed E-state index contributed by atoms with van der Waals surface area (Å²) in [6.45, 7) is 10.1. The number of nitrogens with zero attached hydrogens (tertiary/aromatic N) is 2. The van der Waals surface area contributed by atoms with Crippen LogP contribution in [-0.4, -0.2) is 24.9 Å². The van der Waals surface area contributed by atoms with Gasteiger partial charge in [-0.15, -0.1) is 0 Å². The van der Waals surface area contributed by atoms with Crippen LogP contribution in [0.4, 0.5) is 11.4 Å². The maximum atomic E-state index is 15.0. The Hall–Kier alpha value is -5.36. The number of unbranched alkanes of at least 4 members (excludes halogenated alkanes) is 2. The summed E-state index contributed by atoms with van der Waals surface area (Å²) in [4.78, 5) is 33.9. The van der Waals surface area contributed by atoms with Gasteiger partial charge >= 0.3 is 0 Å². The fourth-order valence-corrected chi connectivity index (χ4v) is 8.40. The molecule has 54 heavy (non-hydrogen) atoms. The lowest BCUT2D eigenvalue weighted by Crippen LogP contribution is -2.34. The topological polar surface area (TPSA) is 66.9 Å². The highest BCUT2D eigenvalue weighted by atomic mass is 16.3. The first-order valence-electron chi connectivity index (χ1n) is 20.1. The van der Waals surface area contributed by atoms with E-state index in [1.165, 1.54) is 0 Å². The first-order chi connectivity index (χ1) is 26.4. The zero-order valence-corrected chi connectivity index (χ0v) is 32.0. The Morgan fingerprint density at radius 3 is 1.35 bits per heavy atom. The van der Waals surface area contributed by atoms with E-state index in [0.717, 1.165) is 118 Å². The molecule has 2 aliphatic heterocycles. The van der Waals surface area contributed by atoms with E-state index in [1.54, 1.807) is 0 Å². The number of hydrogen-bond donors (Lipinski definition) is 0. The van der Waals surface area contributed by atoms with Gasteiger partial charge in [0.05, 0.1) is 22.5 Å². The number of amides is 2. The third-order valence-corrected chi connectivity index (χ3v) is 11.7. The summed E-state index contributed by atoms with van der Waals surface area (Å²) in [5, 5.41) is 2.07. The number of hydrogen-bond acceptors (Lipinski definition) is 4. The van der Waals surface area contributed by atoms with Crippen molar-refractivity contribution in [3.63, 3.8) is 0 Å². The molecular weight excluding hydrogens is 669 g/mol. The van der Waals surface area contributed by atoms with E-state index in [0.29, 0.717) is 36.1 Å².